The van der Waals surface area contributed by atoms with E-state index in [1.54, 1.807) is 48.5 Å². The van der Waals surface area contributed by atoms with E-state index in [2.05, 4.69) is 5.43 Å². The summed E-state index contributed by atoms with van der Waals surface area (Å²) >= 11 is 12.7. The van der Waals surface area contributed by atoms with Crippen LogP contribution in [0.4, 0.5) is 5.69 Å². The van der Waals surface area contributed by atoms with Crippen LogP contribution in [0.2, 0.25) is 10.0 Å². The highest BCUT2D eigenvalue weighted by Crippen LogP contribution is 2.65. The molecule has 8 rings (SSSR count). The van der Waals surface area contributed by atoms with Crippen LogP contribution in [-0.4, -0.2) is 63.4 Å². The number of anilines is 1. The molecule has 2 heterocycles. The zero-order valence-electron chi connectivity index (χ0n) is 31.3. The Morgan fingerprint density at radius 3 is 2.33 bits per heavy atom. The first-order valence-corrected chi connectivity index (χ1v) is 19.7. The summed E-state index contributed by atoms with van der Waals surface area (Å²) in [4.78, 5) is 71.0. The number of likely N-dealkylation sites (tertiary alicyclic amines) is 1. The Balaban J connectivity index is 1.28. The molecule has 4 aromatic carbocycles. The molecule has 0 radical (unpaired) electrons. The lowest BCUT2D eigenvalue weighted by atomic mass is 9.49. The fourth-order valence-corrected chi connectivity index (χ4v) is 9.91. The molecule has 4 aliphatic rings. The van der Waals surface area contributed by atoms with Gasteiger partial charge >= 0.3 is 5.97 Å². The molecule has 298 valence electrons. The number of amides is 4. The number of benzene rings is 4. The van der Waals surface area contributed by atoms with Crippen LogP contribution < -0.4 is 14.9 Å². The lowest BCUT2D eigenvalue weighted by Gasteiger charge is -2.50. The number of hydrogen-bond acceptors (Lipinski definition) is 9. The molecule has 0 aromatic heterocycles. The number of aliphatic carboxylic acids is 1. The zero-order chi connectivity index (χ0) is 40.9. The first-order valence-electron chi connectivity index (χ1n) is 18.9. The molecule has 0 bridgehead atoms. The van der Waals surface area contributed by atoms with E-state index in [0.717, 1.165) is 15.5 Å². The summed E-state index contributed by atoms with van der Waals surface area (Å²) in [5.74, 6) is -6.80. The van der Waals surface area contributed by atoms with E-state index in [9.17, 15) is 29.4 Å². The summed E-state index contributed by atoms with van der Waals surface area (Å²) in [6.07, 6.45) is 1.95. The summed E-state index contributed by atoms with van der Waals surface area (Å²) in [5.41, 5.74) is 3.89. The van der Waals surface area contributed by atoms with Crippen LogP contribution in [-0.2, 0) is 36.0 Å². The number of carboxylic acids is 1. The second-order valence-corrected chi connectivity index (χ2v) is 15.9. The number of halogens is 2. The number of hydrazine groups is 1. The van der Waals surface area contributed by atoms with E-state index in [4.69, 9.17) is 32.7 Å². The summed E-state index contributed by atoms with van der Waals surface area (Å²) in [7, 11) is 1.52. The lowest BCUT2D eigenvalue weighted by molar-refractivity contribution is -0.142. The van der Waals surface area contributed by atoms with Crippen molar-refractivity contribution >= 4 is 58.5 Å². The number of carbonyl (C=O) groups excluding carboxylic acids is 4. The molecule has 0 unspecified atom stereocenters. The molecule has 58 heavy (non-hydrogen) atoms. The Kier molecular flexibility index (Phi) is 10.4. The van der Waals surface area contributed by atoms with Gasteiger partial charge in [0.2, 0.25) is 11.8 Å². The number of ether oxygens (including phenoxy) is 2. The van der Waals surface area contributed by atoms with Crippen molar-refractivity contribution in [1.29, 1.82) is 0 Å². The number of nitrogens with zero attached hydrogens (tertiary/aromatic N) is 2. The normalized spacial score (nSPS) is 24.9. The van der Waals surface area contributed by atoms with Crippen LogP contribution in [0.25, 0.3) is 0 Å². The molecule has 0 spiro atoms. The maximum absolute atomic E-state index is 15.5. The average Bonchev–Trinajstić information content (AvgIpc) is 3.58. The summed E-state index contributed by atoms with van der Waals surface area (Å²) in [5, 5.41) is 22.7. The fourth-order valence-electron chi connectivity index (χ4n) is 9.46. The Morgan fingerprint density at radius 1 is 0.897 bits per heavy atom. The quantitative estimate of drug-likeness (QED) is 0.0990. The van der Waals surface area contributed by atoms with Crippen molar-refractivity contribution < 1.29 is 43.7 Å². The highest BCUT2D eigenvalue weighted by atomic mass is 35.5. The van der Waals surface area contributed by atoms with E-state index in [1.807, 2.05) is 36.4 Å². The topological polar surface area (TPSA) is 163 Å². The first-order chi connectivity index (χ1) is 27.9. The summed E-state index contributed by atoms with van der Waals surface area (Å²) in [6.45, 7) is 0.182. The smallest absolute Gasteiger partial charge is 0.303 e. The van der Waals surface area contributed by atoms with Crippen LogP contribution in [0.5, 0.6) is 17.2 Å². The molecular weight excluding hydrogens is 785 g/mol. The van der Waals surface area contributed by atoms with Crippen LogP contribution in [0, 0.1) is 23.7 Å². The Hall–Kier alpha value is -5.85. The van der Waals surface area contributed by atoms with Crippen molar-refractivity contribution in [3.05, 3.63) is 129 Å². The molecule has 6 atom stereocenters. The first kappa shape index (κ1) is 39.0. The monoisotopic (exact) mass is 823 g/mol. The lowest BCUT2D eigenvalue weighted by Crippen LogP contribution is -2.53. The van der Waals surface area contributed by atoms with Crippen LogP contribution in [0.15, 0.2) is 103 Å². The molecule has 14 heteroatoms. The van der Waals surface area contributed by atoms with E-state index < -0.39 is 64.6 Å². The third kappa shape index (κ3) is 6.54. The molecule has 2 aliphatic carbocycles. The number of allylic oxidation sites excluding steroid dienone is 2. The van der Waals surface area contributed by atoms with Gasteiger partial charge in [-0.2, -0.15) is 5.01 Å². The molecule has 3 fully saturated rings. The minimum absolute atomic E-state index is 0.0215. The molecule has 1 saturated carbocycles. The molecule has 4 amide bonds. The largest absolute Gasteiger partial charge is 0.508 e. The van der Waals surface area contributed by atoms with Gasteiger partial charge in [-0.1, -0.05) is 83.4 Å². The van der Waals surface area contributed by atoms with Crippen LogP contribution in [0.1, 0.15) is 48.3 Å². The molecule has 2 aliphatic heterocycles. The Labute approximate surface area is 343 Å². The molecule has 12 nitrogen and oxygen atoms in total. The average molecular weight is 825 g/mol. The number of rotatable bonds is 12. The van der Waals surface area contributed by atoms with Crippen LogP contribution >= 0.6 is 23.2 Å². The molecular formula is C44H39Cl2N3O9. The van der Waals surface area contributed by atoms with Crippen molar-refractivity contribution in [3.8, 4) is 17.2 Å². The van der Waals surface area contributed by atoms with Gasteiger partial charge in [0.25, 0.3) is 11.8 Å². The number of fused-ring (bicyclic) bond motifs is 4. The van der Waals surface area contributed by atoms with Gasteiger partial charge in [0.05, 0.1) is 41.0 Å². The Bertz CT molecular complexity index is 2350. The number of hydrogen-bond donors (Lipinski definition) is 3. The predicted octanol–water partition coefficient (Wildman–Crippen LogP) is 7.14. The minimum atomic E-state index is -1.68. The van der Waals surface area contributed by atoms with Crippen molar-refractivity contribution in [1.82, 2.24) is 9.91 Å². The van der Waals surface area contributed by atoms with E-state index >= 15 is 4.79 Å². The summed E-state index contributed by atoms with van der Waals surface area (Å²) in [6, 6.07) is 25.9. The van der Waals surface area contributed by atoms with Gasteiger partial charge in [0, 0.05) is 35.5 Å². The van der Waals surface area contributed by atoms with Gasteiger partial charge in [-0.15, -0.1) is 0 Å². The Morgan fingerprint density at radius 2 is 1.64 bits per heavy atom. The van der Waals surface area contributed by atoms with Crippen molar-refractivity contribution in [2.24, 2.45) is 23.7 Å². The van der Waals surface area contributed by atoms with Crippen molar-refractivity contribution in [2.75, 3.05) is 19.1 Å². The maximum Gasteiger partial charge on any atom is 0.303 e. The molecule has 2 saturated heterocycles. The fraction of sp³-hybridized carbons (Fsp3) is 0.295. The van der Waals surface area contributed by atoms with Gasteiger partial charge in [-0.3, -0.25) is 34.3 Å². The van der Waals surface area contributed by atoms with Gasteiger partial charge in [0.1, 0.15) is 23.9 Å². The molecule has 4 aromatic rings. The van der Waals surface area contributed by atoms with Gasteiger partial charge in [-0.05, 0) is 72.7 Å². The third-order valence-electron chi connectivity index (χ3n) is 12.0. The zero-order valence-corrected chi connectivity index (χ0v) is 32.8. The standard InChI is InChI=1S/C44H39Cl2N3O9/c1-57-27-12-9-25(10-13-27)44-33(41(54)49(43(44)56)47-35-18-11-26(45)20-34(35)46)22-32-29(16-17-31-38(32)42(55)48(40(31)53)19-5-8-37(51)52)39(44)30-15-14-28(21-36(30)50)58-23-24-6-3-2-4-7-24/h2-4,6-7,9-16,18,20-21,31-33,38-39,47,50H,5,8,17,19,22-23H2,1H3,(H,51,52)/t31-,32+,33-,38-,39+,44+/m0/s1. The summed E-state index contributed by atoms with van der Waals surface area (Å²) < 4.78 is 11.5. The van der Waals surface area contributed by atoms with E-state index in [0.29, 0.717) is 33.2 Å². The number of methoxy groups -OCH3 is 1. The number of aromatic hydroxyl groups is 1. The van der Waals surface area contributed by atoms with Crippen molar-refractivity contribution in [3.63, 3.8) is 0 Å². The predicted molar refractivity (Wildman–Crippen MR) is 213 cm³/mol. The molecule has 3 N–H and O–H groups in total. The third-order valence-corrected chi connectivity index (χ3v) is 12.6. The number of imide groups is 2. The highest BCUT2D eigenvalue weighted by molar-refractivity contribution is 6.36. The van der Waals surface area contributed by atoms with E-state index in [1.165, 1.54) is 19.2 Å². The second kappa shape index (κ2) is 15.5. The highest BCUT2D eigenvalue weighted by Gasteiger charge is 2.70. The van der Waals surface area contributed by atoms with Crippen LogP contribution in [0.3, 0.4) is 0 Å². The number of nitrogens with one attached hydrogen (secondary N) is 1. The number of carbonyl (C=O) groups is 5. The maximum atomic E-state index is 15.5. The number of carboxylic acid groups (broad SMARTS) is 1. The van der Waals surface area contributed by atoms with Gasteiger partial charge in [-0.25, -0.2) is 0 Å². The van der Waals surface area contributed by atoms with Gasteiger partial charge in [0.15, 0.2) is 0 Å². The SMILES string of the molecule is COc1ccc([C@@]23C(=O)N(Nc4ccc(Cl)cc4Cl)C(=O)[C@@H]2C[C@@H]2C(=CC[C@@H]4C(=O)N(CCCC(=O)O)C(=O)[C@@H]42)[C@@H]3c2ccc(OCc3ccccc3)cc2O)cc1. The second-order valence-electron chi connectivity index (χ2n) is 15.0. The van der Waals surface area contributed by atoms with Crippen molar-refractivity contribution in [2.45, 2.75) is 43.6 Å². The minimum Gasteiger partial charge on any atom is -0.508 e. The number of phenolic OH excluding ortho intramolecular Hbond substituents is 1. The van der Waals surface area contributed by atoms with Gasteiger partial charge < -0.3 is 19.7 Å². The number of phenols is 1. The van der Waals surface area contributed by atoms with E-state index in [-0.39, 0.29) is 55.3 Å².